The third kappa shape index (κ3) is 10.9. The maximum absolute atomic E-state index is 15.6. The Morgan fingerprint density at radius 3 is 1.55 bits per heavy atom. The van der Waals surface area contributed by atoms with Gasteiger partial charge in [0.25, 0.3) is 11.8 Å². The number of hydrogen-bond acceptors (Lipinski definition) is 11. The van der Waals surface area contributed by atoms with Crippen molar-refractivity contribution in [2.75, 3.05) is 24.3 Å². The van der Waals surface area contributed by atoms with Gasteiger partial charge in [0.05, 0.1) is 5.70 Å². The molecule has 2 saturated heterocycles. The van der Waals surface area contributed by atoms with E-state index in [1.807, 2.05) is 212 Å². The van der Waals surface area contributed by atoms with Crippen molar-refractivity contribution in [3.8, 4) is 0 Å². The number of anilines is 1. The third-order valence-electron chi connectivity index (χ3n) is 15.5. The summed E-state index contributed by atoms with van der Waals surface area (Å²) in [5, 5.41) is 14.1. The Morgan fingerprint density at radius 2 is 1.09 bits per heavy atom. The molecule has 13 heteroatoms. The summed E-state index contributed by atoms with van der Waals surface area (Å²) in [6.07, 6.45) is 2.03. The van der Waals surface area contributed by atoms with Crippen molar-refractivity contribution in [1.82, 2.24) is 15.2 Å². The van der Waals surface area contributed by atoms with Crippen molar-refractivity contribution >= 4 is 63.0 Å². The zero-order valence-corrected chi connectivity index (χ0v) is 47.3. The maximum atomic E-state index is 15.6. The first-order chi connectivity index (χ1) is 40.4. The fourth-order valence-corrected chi connectivity index (χ4v) is 13.9. The largest absolute Gasteiger partial charge is 0.469 e. The molecular formula is C69H59N5O5S3. The number of thioether (sulfide) groups is 1. The van der Waals surface area contributed by atoms with Crippen molar-refractivity contribution in [2.45, 2.75) is 47.9 Å². The van der Waals surface area contributed by atoms with Gasteiger partial charge in [-0.3, -0.25) is 14.5 Å². The highest BCUT2D eigenvalue weighted by Crippen LogP contribution is 2.46. The maximum Gasteiger partial charge on any atom is 0.276 e. The SMILES string of the molecule is O=C(NC1C(=O)N2C(C(=S)OC(c3ccccc3)c3ccccc3)=C(CC3CCOCC3)CS[C@H]12)/C(=N\OC(c1ccccc1)(c1ccccc1)c1ccccc1)c1csc(NC(c2ccccc2)(c2ccccc2)c2ccccc2)n1. The predicted octanol–water partition coefficient (Wildman–Crippen LogP) is 13.9. The van der Waals surface area contributed by atoms with Gasteiger partial charge in [0.15, 0.2) is 10.8 Å². The minimum Gasteiger partial charge on any atom is -0.469 e. The van der Waals surface area contributed by atoms with Gasteiger partial charge in [-0.25, -0.2) is 4.98 Å². The van der Waals surface area contributed by atoms with E-state index in [1.165, 1.54) is 11.3 Å². The molecule has 2 atom stereocenters. The second kappa shape index (κ2) is 24.7. The van der Waals surface area contributed by atoms with Gasteiger partial charge in [0, 0.05) is 41.0 Å². The van der Waals surface area contributed by atoms with Crippen molar-refractivity contribution in [1.29, 1.82) is 0 Å². The van der Waals surface area contributed by atoms with E-state index in [0.29, 0.717) is 35.7 Å². The fraction of sp³-hybridized carbons (Fsp3) is 0.174. The summed E-state index contributed by atoms with van der Waals surface area (Å²) >= 11 is 9.28. The first kappa shape index (κ1) is 54.1. The Hall–Kier alpha value is -8.46. The summed E-state index contributed by atoms with van der Waals surface area (Å²) in [6, 6.07) is 79.4. The van der Waals surface area contributed by atoms with E-state index in [0.717, 1.165) is 69.3 Å². The Morgan fingerprint density at radius 1 is 0.646 bits per heavy atom. The van der Waals surface area contributed by atoms with Crippen LogP contribution in [0.4, 0.5) is 5.13 Å². The molecule has 0 aliphatic carbocycles. The van der Waals surface area contributed by atoms with E-state index >= 15 is 9.59 Å². The molecular weight excluding hydrogens is 1070 g/mol. The molecule has 2 N–H and O–H groups in total. The molecule has 8 aromatic carbocycles. The number of carbonyl (C=O) groups is 2. The van der Waals surface area contributed by atoms with E-state index in [-0.39, 0.29) is 22.4 Å². The van der Waals surface area contributed by atoms with Gasteiger partial charge in [-0.05, 0) is 70.8 Å². The van der Waals surface area contributed by atoms with Crippen molar-refractivity contribution < 1.29 is 23.9 Å². The van der Waals surface area contributed by atoms with Crippen LogP contribution in [0.3, 0.4) is 0 Å². The molecule has 0 spiro atoms. The molecule has 4 heterocycles. The summed E-state index contributed by atoms with van der Waals surface area (Å²) in [6.45, 7) is 1.37. The lowest BCUT2D eigenvalue weighted by Crippen LogP contribution is -2.71. The fourth-order valence-electron chi connectivity index (χ4n) is 11.5. The molecule has 0 radical (unpaired) electrons. The number of rotatable bonds is 19. The van der Waals surface area contributed by atoms with Crippen LogP contribution in [0.25, 0.3) is 0 Å². The molecule has 1 unspecified atom stereocenters. The van der Waals surface area contributed by atoms with Gasteiger partial charge in [0.2, 0.25) is 10.7 Å². The normalized spacial score (nSPS) is 16.7. The van der Waals surface area contributed by atoms with Crippen LogP contribution in [0.5, 0.6) is 0 Å². The molecule has 408 valence electrons. The third-order valence-corrected chi connectivity index (χ3v) is 17.9. The summed E-state index contributed by atoms with van der Waals surface area (Å²) in [5.41, 5.74) is 6.70. The molecule has 3 aliphatic heterocycles. The van der Waals surface area contributed by atoms with Gasteiger partial charge in [-0.1, -0.05) is 248 Å². The minimum atomic E-state index is -1.34. The van der Waals surface area contributed by atoms with Crippen molar-refractivity contribution in [3.05, 3.63) is 310 Å². The number of aromatic nitrogens is 1. The highest BCUT2D eigenvalue weighted by Gasteiger charge is 2.54. The Kier molecular flexibility index (Phi) is 16.3. The van der Waals surface area contributed by atoms with Crippen LogP contribution in [-0.4, -0.2) is 62.8 Å². The van der Waals surface area contributed by atoms with E-state index < -0.39 is 34.6 Å². The van der Waals surface area contributed by atoms with Crippen LogP contribution in [0.1, 0.15) is 75.6 Å². The van der Waals surface area contributed by atoms with Gasteiger partial charge in [-0.15, -0.1) is 23.1 Å². The quantitative estimate of drug-likeness (QED) is 0.0269. The number of carbonyl (C=O) groups excluding carboxylic acids is 2. The highest BCUT2D eigenvalue weighted by molar-refractivity contribution is 8.00. The molecule has 12 rings (SSSR count). The van der Waals surface area contributed by atoms with Gasteiger partial charge >= 0.3 is 0 Å². The number of nitrogens with zero attached hydrogens (tertiary/aromatic N) is 3. The van der Waals surface area contributed by atoms with Crippen LogP contribution in [-0.2, 0) is 35.0 Å². The number of amides is 2. The lowest BCUT2D eigenvalue weighted by molar-refractivity contribution is -0.144. The van der Waals surface area contributed by atoms with Crippen LogP contribution < -0.4 is 10.6 Å². The number of thiazole rings is 1. The van der Waals surface area contributed by atoms with Crippen LogP contribution >= 0.6 is 35.3 Å². The molecule has 10 nitrogen and oxygen atoms in total. The molecule has 0 bridgehead atoms. The zero-order valence-electron chi connectivity index (χ0n) is 44.8. The van der Waals surface area contributed by atoms with Crippen LogP contribution in [0.2, 0.25) is 0 Å². The van der Waals surface area contributed by atoms with E-state index in [2.05, 4.69) is 47.0 Å². The molecule has 2 amide bonds. The number of thiocarbonyl (C=S) groups is 1. The minimum absolute atomic E-state index is 0.114. The second-order valence-corrected chi connectivity index (χ2v) is 22.8. The average Bonchev–Trinajstić information content (AvgIpc) is 3.63. The summed E-state index contributed by atoms with van der Waals surface area (Å²) in [7, 11) is 0. The van der Waals surface area contributed by atoms with Gasteiger partial charge in [-0.2, -0.15) is 0 Å². The number of β-lactam (4-membered cyclic amide) rings is 1. The molecule has 2 fully saturated rings. The summed E-state index contributed by atoms with van der Waals surface area (Å²) in [4.78, 5) is 44.8. The van der Waals surface area contributed by atoms with Gasteiger partial charge < -0.3 is 24.9 Å². The van der Waals surface area contributed by atoms with Crippen LogP contribution in [0, 0.1) is 5.92 Å². The molecule has 3 aliphatic rings. The number of oxime groups is 1. The Bertz CT molecular complexity index is 3450. The topological polar surface area (TPSA) is 114 Å². The van der Waals surface area contributed by atoms with Gasteiger partial charge in [0.1, 0.15) is 28.8 Å². The molecule has 1 aromatic heterocycles. The summed E-state index contributed by atoms with van der Waals surface area (Å²) < 4.78 is 12.7. The lowest BCUT2D eigenvalue weighted by atomic mass is 9.77. The van der Waals surface area contributed by atoms with Crippen molar-refractivity contribution in [3.63, 3.8) is 0 Å². The number of ether oxygens (including phenoxy) is 2. The smallest absolute Gasteiger partial charge is 0.276 e. The second-order valence-electron chi connectivity index (χ2n) is 20.5. The van der Waals surface area contributed by atoms with E-state index in [4.69, 9.17) is 36.7 Å². The van der Waals surface area contributed by atoms with Crippen molar-refractivity contribution in [2.24, 2.45) is 11.1 Å². The first-order valence-electron chi connectivity index (χ1n) is 27.6. The molecule has 9 aromatic rings. The Labute approximate surface area is 491 Å². The standard InChI is InChI=1S/C69H59N5O5S3/c75-63(71-60-64(76)74-61(51(46-81-65(60)74)45-48-41-43-77-44-42-48)66(80)78-62(49-25-9-1-10-26-49)50-27-11-2-12-28-50)59(73-79-69(55-35-19-6-20-36-55,56-37-21-7-22-38-56)57-39-23-8-24-40-57)58-47-82-67(70-58)72-68(52-29-13-3-14-30-52,53-31-15-4-16-32-53)54-33-17-5-18-34-54/h1-40,47-48,60,62,65H,41-46H2,(H,70,72)(H,71,75)/b73-59-/t60?,65-/m1/s1. The molecule has 0 saturated carbocycles. The van der Waals surface area contributed by atoms with E-state index in [1.54, 1.807) is 16.7 Å². The lowest BCUT2D eigenvalue weighted by Gasteiger charge is -2.50. The van der Waals surface area contributed by atoms with Crippen LogP contribution in [0.15, 0.2) is 264 Å². The predicted molar refractivity (Wildman–Crippen MR) is 330 cm³/mol. The number of benzene rings is 8. The first-order valence-corrected chi connectivity index (χ1v) is 29.9. The number of hydrogen-bond donors (Lipinski definition) is 2. The molecule has 82 heavy (non-hydrogen) atoms. The Balaban J connectivity index is 0.932. The highest BCUT2D eigenvalue weighted by atomic mass is 32.2. The monoisotopic (exact) mass is 1130 g/mol. The number of nitrogens with one attached hydrogen (secondary N) is 2. The zero-order chi connectivity index (χ0) is 55.7. The average molecular weight is 1130 g/mol. The summed E-state index contributed by atoms with van der Waals surface area (Å²) in [5.74, 6) is 0.000341. The number of fused-ring (bicyclic) bond motifs is 1. The van der Waals surface area contributed by atoms with E-state index in [9.17, 15) is 0 Å².